The summed E-state index contributed by atoms with van der Waals surface area (Å²) in [5.74, 6) is 1.59. The number of pyridine rings is 2. The van der Waals surface area contributed by atoms with Crippen LogP contribution in [0.1, 0.15) is 12.5 Å². The summed E-state index contributed by atoms with van der Waals surface area (Å²) in [6, 6.07) is 10.6. The molecule has 0 aliphatic heterocycles. The molecule has 2 aromatic heterocycles. The van der Waals surface area contributed by atoms with Crippen molar-refractivity contribution in [2.24, 2.45) is 7.05 Å². The Labute approximate surface area is 176 Å². The number of thiol groups is 1. The summed E-state index contributed by atoms with van der Waals surface area (Å²) in [6.07, 6.45) is 5.47. The van der Waals surface area contributed by atoms with Crippen LogP contribution in [-0.4, -0.2) is 31.1 Å². The van der Waals surface area contributed by atoms with E-state index in [-0.39, 0.29) is 12.1 Å². The number of hydrogen-bond donors (Lipinski definition) is 2. The number of nitrogens with zero attached hydrogens (tertiary/aromatic N) is 2. The zero-order valence-electron chi connectivity index (χ0n) is 16.7. The highest BCUT2D eigenvalue weighted by Gasteiger charge is 2.16. The number of aryl methyl sites for hydroxylation is 1. The second-order valence-corrected chi connectivity index (χ2v) is 7.30. The molecular weight excluding hydrogens is 406 g/mol. The monoisotopic (exact) mass is 429 g/mol. The largest absolute Gasteiger partial charge is 0.493 e. The van der Waals surface area contributed by atoms with Crippen molar-refractivity contribution in [3.8, 4) is 28.4 Å². The molecule has 0 saturated carbocycles. The van der Waals surface area contributed by atoms with E-state index >= 15 is 0 Å². The maximum absolute atomic E-state index is 12.1. The Kier molecular flexibility index (Phi) is 7.21. The second-order valence-electron chi connectivity index (χ2n) is 6.47. The van der Waals surface area contributed by atoms with Gasteiger partial charge in [-0.2, -0.15) is 0 Å². The maximum Gasteiger partial charge on any atom is 0.254 e. The lowest BCUT2D eigenvalue weighted by atomic mass is 10.0. The van der Waals surface area contributed by atoms with Gasteiger partial charge in [-0.1, -0.05) is 6.07 Å². The van der Waals surface area contributed by atoms with Crippen LogP contribution in [0.25, 0.3) is 11.1 Å². The Morgan fingerprint density at radius 1 is 1.13 bits per heavy atom. The number of benzene rings is 1. The summed E-state index contributed by atoms with van der Waals surface area (Å²) >= 11 is 0. The van der Waals surface area contributed by atoms with E-state index in [1.807, 2.05) is 25.1 Å². The van der Waals surface area contributed by atoms with E-state index in [4.69, 9.17) is 9.47 Å². The first-order chi connectivity index (χ1) is 14.5. The van der Waals surface area contributed by atoms with Crippen molar-refractivity contribution in [3.05, 3.63) is 70.9 Å². The van der Waals surface area contributed by atoms with Gasteiger partial charge in [0.1, 0.15) is 17.2 Å². The maximum atomic E-state index is 12.1. The Balaban J connectivity index is 2.08. The molecule has 0 amide bonds. The van der Waals surface area contributed by atoms with Gasteiger partial charge in [-0.25, -0.2) is 13.1 Å². The topological polar surface area (TPSA) is 99.5 Å². The lowest BCUT2D eigenvalue weighted by Crippen LogP contribution is -2.16. The summed E-state index contributed by atoms with van der Waals surface area (Å²) in [5.41, 5.74) is 2.14. The predicted molar refractivity (Wildman–Crippen MR) is 115 cm³/mol. The van der Waals surface area contributed by atoms with Crippen LogP contribution in [0.4, 0.5) is 0 Å². The molecule has 0 fully saturated rings. The van der Waals surface area contributed by atoms with Gasteiger partial charge in [0, 0.05) is 43.2 Å². The van der Waals surface area contributed by atoms with Crippen molar-refractivity contribution in [1.82, 2.24) is 14.3 Å². The third kappa shape index (κ3) is 5.46. The van der Waals surface area contributed by atoms with Gasteiger partial charge in [0.25, 0.3) is 5.56 Å². The minimum atomic E-state index is -2.65. The standard InChI is InChI=1S/C21H23N3O5S/c1-3-28-20-12-21(25)24(2)14-18(20)17-11-15(8-10-23-30(26)27)6-7-19(17)29-16-5-4-9-22-13-16/h4-7,9,11-14,30H,3,8,10H2,1-2H3,(H,23,26,27). The zero-order valence-corrected chi connectivity index (χ0v) is 17.6. The summed E-state index contributed by atoms with van der Waals surface area (Å²) < 4.78 is 37.2. The SMILES string of the molecule is CCOc1cc(=O)n(C)cc1-c1cc(CCN[SH](=O)=O)ccc1Oc1cccnc1. The quantitative estimate of drug-likeness (QED) is 0.507. The fourth-order valence-electron chi connectivity index (χ4n) is 2.95. The molecule has 1 aromatic carbocycles. The van der Waals surface area contributed by atoms with Crippen LogP contribution in [0.3, 0.4) is 0 Å². The van der Waals surface area contributed by atoms with Crippen LogP contribution in [0, 0.1) is 0 Å². The molecule has 9 heteroatoms. The second kappa shape index (κ2) is 10.0. The molecule has 2 heterocycles. The van der Waals surface area contributed by atoms with Gasteiger partial charge in [0.15, 0.2) is 0 Å². The van der Waals surface area contributed by atoms with Crippen molar-refractivity contribution < 1.29 is 17.9 Å². The number of rotatable bonds is 9. The first-order valence-corrected chi connectivity index (χ1v) is 10.6. The molecule has 0 radical (unpaired) electrons. The van der Waals surface area contributed by atoms with Crippen LogP contribution in [0.2, 0.25) is 0 Å². The number of aromatic nitrogens is 2. The highest BCUT2D eigenvalue weighted by Crippen LogP contribution is 2.38. The molecule has 0 spiro atoms. The molecule has 30 heavy (non-hydrogen) atoms. The number of ether oxygens (including phenoxy) is 2. The average molecular weight is 429 g/mol. The number of nitrogens with one attached hydrogen (secondary N) is 1. The fourth-order valence-corrected chi connectivity index (χ4v) is 3.24. The molecule has 0 saturated heterocycles. The smallest absolute Gasteiger partial charge is 0.254 e. The van der Waals surface area contributed by atoms with Crippen LogP contribution in [0.15, 0.2) is 59.8 Å². The molecular formula is C21H23N3O5S. The van der Waals surface area contributed by atoms with Crippen molar-refractivity contribution in [1.29, 1.82) is 0 Å². The molecule has 3 aromatic rings. The van der Waals surface area contributed by atoms with E-state index < -0.39 is 10.9 Å². The molecule has 158 valence electrons. The first-order valence-electron chi connectivity index (χ1n) is 9.40. The Hall–Kier alpha value is -3.17. The molecule has 3 rings (SSSR count). The van der Waals surface area contributed by atoms with Crippen molar-refractivity contribution in [3.63, 3.8) is 0 Å². The van der Waals surface area contributed by atoms with Crippen LogP contribution < -0.4 is 19.8 Å². The van der Waals surface area contributed by atoms with Crippen molar-refractivity contribution in [2.45, 2.75) is 13.3 Å². The van der Waals surface area contributed by atoms with Gasteiger partial charge in [-0.05, 0) is 43.2 Å². The zero-order chi connectivity index (χ0) is 21.5. The van der Waals surface area contributed by atoms with Gasteiger partial charge >= 0.3 is 0 Å². The van der Waals surface area contributed by atoms with Gasteiger partial charge in [-0.3, -0.25) is 9.78 Å². The van der Waals surface area contributed by atoms with Crippen LogP contribution in [0.5, 0.6) is 17.2 Å². The minimum absolute atomic E-state index is 0.184. The molecule has 0 aliphatic rings. The van der Waals surface area contributed by atoms with Crippen LogP contribution in [-0.2, 0) is 24.4 Å². The third-order valence-corrected chi connectivity index (χ3v) is 4.82. The normalized spacial score (nSPS) is 10.9. The first kappa shape index (κ1) is 21.5. The molecule has 0 bridgehead atoms. The minimum Gasteiger partial charge on any atom is -0.493 e. The highest BCUT2D eigenvalue weighted by atomic mass is 32.2. The Morgan fingerprint density at radius 3 is 2.67 bits per heavy atom. The van der Waals surface area contributed by atoms with Crippen LogP contribution >= 0.6 is 0 Å². The van der Waals surface area contributed by atoms with E-state index in [1.165, 1.54) is 10.6 Å². The highest BCUT2D eigenvalue weighted by molar-refractivity contribution is 7.70. The van der Waals surface area contributed by atoms with Gasteiger partial charge in [-0.15, -0.1) is 0 Å². The lowest BCUT2D eigenvalue weighted by Gasteiger charge is -2.17. The van der Waals surface area contributed by atoms with E-state index in [2.05, 4.69) is 9.71 Å². The van der Waals surface area contributed by atoms with E-state index in [0.29, 0.717) is 35.8 Å². The predicted octanol–water partition coefficient (Wildman–Crippen LogP) is 2.30. The van der Waals surface area contributed by atoms with Gasteiger partial charge in [0.2, 0.25) is 10.9 Å². The summed E-state index contributed by atoms with van der Waals surface area (Å²) in [4.78, 5) is 16.2. The molecule has 0 aliphatic carbocycles. The lowest BCUT2D eigenvalue weighted by molar-refractivity contribution is 0.340. The Morgan fingerprint density at radius 2 is 1.97 bits per heavy atom. The van der Waals surface area contributed by atoms with E-state index in [0.717, 1.165) is 11.1 Å². The Bertz CT molecular complexity index is 1140. The van der Waals surface area contributed by atoms with E-state index in [1.54, 1.807) is 37.8 Å². The van der Waals surface area contributed by atoms with Gasteiger partial charge < -0.3 is 14.0 Å². The molecule has 0 unspecified atom stereocenters. The van der Waals surface area contributed by atoms with Crippen molar-refractivity contribution >= 4 is 10.9 Å². The summed E-state index contributed by atoms with van der Waals surface area (Å²) in [5, 5.41) is 0. The van der Waals surface area contributed by atoms with Gasteiger partial charge in [0.05, 0.1) is 12.8 Å². The molecule has 8 nitrogen and oxygen atoms in total. The number of hydrogen-bond acceptors (Lipinski definition) is 6. The summed E-state index contributed by atoms with van der Waals surface area (Å²) in [7, 11) is -0.977. The molecule has 1 N–H and O–H groups in total. The third-order valence-electron chi connectivity index (χ3n) is 4.34. The van der Waals surface area contributed by atoms with E-state index in [9.17, 15) is 13.2 Å². The van der Waals surface area contributed by atoms with Crippen molar-refractivity contribution in [2.75, 3.05) is 13.2 Å². The molecule has 0 atom stereocenters. The average Bonchev–Trinajstić information content (AvgIpc) is 2.72. The summed E-state index contributed by atoms with van der Waals surface area (Å²) in [6.45, 7) is 2.53. The fraction of sp³-hybridized carbons (Fsp3) is 0.238.